The minimum atomic E-state index is -0.120. The molecule has 102 valence electrons. The van der Waals surface area contributed by atoms with Gasteiger partial charge < -0.3 is 5.32 Å². The van der Waals surface area contributed by atoms with E-state index >= 15 is 0 Å². The van der Waals surface area contributed by atoms with Crippen LogP contribution in [-0.2, 0) is 0 Å². The summed E-state index contributed by atoms with van der Waals surface area (Å²) in [5, 5.41) is 2.76. The van der Waals surface area contributed by atoms with Crippen LogP contribution in [0.2, 0.25) is 0 Å². The predicted molar refractivity (Wildman–Crippen MR) is 81.7 cm³/mol. The summed E-state index contributed by atoms with van der Waals surface area (Å²) in [6.07, 6.45) is 1.65. The number of benzene rings is 1. The van der Waals surface area contributed by atoms with Crippen molar-refractivity contribution in [2.24, 2.45) is 0 Å². The molecule has 0 aliphatic heterocycles. The largest absolute Gasteiger partial charge is 0.349 e. The molecule has 0 radical (unpaired) electrons. The summed E-state index contributed by atoms with van der Waals surface area (Å²) in [5.74, 6) is -0.120. The molecule has 1 N–H and O–H groups in total. The van der Waals surface area contributed by atoms with Gasteiger partial charge in [0.25, 0.3) is 5.91 Å². The van der Waals surface area contributed by atoms with Gasteiger partial charge in [0.2, 0.25) is 0 Å². The first-order valence-electron chi connectivity index (χ1n) is 6.55. The third kappa shape index (κ3) is 3.12. The first kappa shape index (κ1) is 14.0. The second-order valence-electron chi connectivity index (χ2n) is 4.69. The molecule has 1 aromatic heterocycles. The summed E-state index contributed by atoms with van der Waals surface area (Å²) in [4.78, 5) is 16.4. The van der Waals surface area contributed by atoms with Crippen molar-refractivity contribution in [3.05, 3.63) is 65.9 Å². The van der Waals surface area contributed by atoms with Crippen molar-refractivity contribution < 1.29 is 4.79 Å². The number of hydrogen-bond donors (Lipinski definition) is 1. The topological polar surface area (TPSA) is 42.0 Å². The zero-order chi connectivity index (χ0) is 14.5. The van der Waals surface area contributed by atoms with Crippen LogP contribution >= 0.6 is 0 Å². The van der Waals surface area contributed by atoms with Gasteiger partial charge in [-0.05, 0) is 26.0 Å². The molecular weight excluding hydrogens is 248 g/mol. The SMILES string of the molecule is C=CCNC(=O)c1ccc(-c2ccc(C)cc2)nc1C. The lowest BCUT2D eigenvalue weighted by molar-refractivity contribution is 0.0957. The minimum absolute atomic E-state index is 0.120. The molecule has 0 atom stereocenters. The molecule has 0 unspecified atom stereocenters. The fourth-order valence-corrected chi connectivity index (χ4v) is 1.95. The Morgan fingerprint density at radius 3 is 2.50 bits per heavy atom. The van der Waals surface area contributed by atoms with Gasteiger partial charge in [-0.15, -0.1) is 6.58 Å². The number of aryl methyl sites for hydroxylation is 2. The standard InChI is InChI=1S/C17H18N2O/c1-4-11-18-17(20)15-9-10-16(19-13(15)3)14-7-5-12(2)6-8-14/h4-10H,1,11H2,2-3H3,(H,18,20). The van der Waals surface area contributed by atoms with Crippen molar-refractivity contribution in [1.82, 2.24) is 10.3 Å². The molecule has 0 spiro atoms. The van der Waals surface area contributed by atoms with Gasteiger partial charge in [0.15, 0.2) is 0 Å². The number of aromatic nitrogens is 1. The molecule has 1 heterocycles. The first-order chi connectivity index (χ1) is 9.61. The van der Waals surface area contributed by atoms with E-state index in [1.165, 1.54) is 5.56 Å². The molecule has 0 aliphatic rings. The Balaban J connectivity index is 2.27. The smallest absolute Gasteiger partial charge is 0.253 e. The van der Waals surface area contributed by atoms with Crippen LogP contribution in [0, 0.1) is 13.8 Å². The van der Waals surface area contributed by atoms with Gasteiger partial charge >= 0.3 is 0 Å². The monoisotopic (exact) mass is 266 g/mol. The minimum Gasteiger partial charge on any atom is -0.349 e. The third-order valence-electron chi connectivity index (χ3n) is 3.08. The quantitative estimate of drug-likeness (QED) is 0.863. The summed E-state index contributed by atoms with van der Waals surface area (Å²) in [7, 11) is 0. The van der Waals surface area contributed by atoms with E-state index < -0.39 is 0 Å². The molecule has 2 rings (SSSR count). The molecule has 0 aliphatic carbocycles. The van der Waals surface area contributed by atoms with Crippen molar-refractivity contribution in [1.29, 1.82) is 0 Å². The summed E-state index contributed by atoms with van der Waals surface area (Å²) in [5.41, 5.74) is 4.47. The van der Waals surface area contributed by atoms with Crippen LogP contribution in [0.5, 0.6) is 0 Å². The predicted octanol–water partition coefficient (Wildman–Crippen LogP) is 3.28. The number of nitrogens with one attached hydrogen (secondary N) is 1. The highest BCUT2D eigenvalue weighted by Gasteiger charge is 2.10. The van der Waals surface area contributed by atoms with E-state index in [1.807, 2.05) is 31.2 Å². The molecule has 3 nitrogen and oxygen atoms in total. The van der Waals surface area contributed by atoms with Crippen LogP contribution in [0.4, 0.5) is 0 Å². The van der Waals surface area contributed by atoms with E-state index in [0.717, 1.165) is 17.0 Å². The Morgan fingerprint density at radius 2 is 1.90 bits per heavy atom. The van der Waals surface area contributed by atoms with E-state index in [1.54, 1.807) is 6.08 Å². The number of amides is 1. The van der Waals surface area contributed by atoms with Crippen LogP contribution in [-0.4, -0.2) is 17.4 Å². The van der Waals surface area contributed by atoms with Crippen LogP contribution < -0.4 is 5.32 Å². The Labute approximate surface area is 119 Å². The summed E-state index contributed by atoms with van der Waals surface area (Å²) >= 11 is 0. The number of hydrogen-bond acceptors (Lipinski definition) is 2. The van der Waals surface area contributed by atoms with Crippen molar-refractivity contribution in [2.45, 2.75) is 13.8 Å². The first-order valence-corrected chi connectivity index (χ1v) is 6.55. The van der Waals surface area contributed by atoms with Gasteiger partial charge in [-0.25, -0.2) is 0 Å². The molecule has 0 saturated carbocycles. The van der Waals surface area contributed by atoms with Crippen molar-refractivity contribution in [2.75, 3.05) is 6.54 Å². The highest BCUT2D eigenvalue weighted by Crippen LogP contribution is 2.19. The lowest BCUT2D eigenvalue weighted by Crippen LogP contribution is -2.24. The van der Waals surface area contributed by atoms with Crippen LogP contribution in [0.3, 0.4) is 0 Å². The average molecular weight is 266 g/mol. The Bertz CT molecular complexity index is 630. The number of rotatable bonds is 4. The highest BCUT2D eigenvalue weighted by molar-refractivity contribution is 5.95. The maximum absolute atomic E-state index is 11.9. The van der Waals surface area contributed by atoms with Crippen LogP contribution in [0.15, 0.2) is 49.1 Å². The Hall–Kier alpha value is -2.42. The van der Waals surface area contributed by atoms with Gasteiger partial charge in [-0.3, -0.25) is 9.78 Å². The maximum atomic E-state index is 11.9. The highest BCUT2D eigenvalue weighted by atomic mass is 16.1. The molecule has 3 heteroatoms. The summed E-state index contributed by atoms with van der Waals surface area (Å²) in [6.45, 7) is 7.93. The molecule has 1 amide bonds. The fraction of sp³-hybridized carbons (Fsp3) is 0.176. The summed E-state index contributed by atoms with van der Waals surface area (Å²) < 4.78 is 0. The zero-order valence-electron chi connectivity index (χ0n) is 11.8. The van der Waals surface area contributed by atoms with Gasteiger partial charge in [0, 0.05) is 12.1 Å². The van der Waals surface area contributed by atoms with Gasteiger partial charge in [-0.2, -0.15) is 0 Å². The molecule has 0 bridgehead atoms. The van der Waals surface area contributed by atoms with E-state index in [9.17, 15) is 4.79 Å². The maximum Gasteiger partial charge on any atom is 0.253 e. The molecule has 2 aromatic rings. The van der Waals surface area contributed by atoms with Gasteiger partial charge in [0.05, 0.1) is 17.0 Å². The Morgan fingerprint density at radius 1 is 1.20 bits per heavy atom. The third-order valence-corrected chi connectivity index (χ3v) is 3.08. The van der Waals surface area contributed by atoms with E-state index in [2.05, 4.69) is 35.9 Å². The number of nitrogens with zero attached hydrogens (tertiary/aromatic N) is 1. The van der Waals surface area contributed by atoms with Gasteiger partial charge in [0.1, 0.15) is 0 Å². The second kappa shape index (κ2) is 6.15. The second-order valence-corrected chi connectivity index (χ2v) is 4.69. The fourth-order valence-electron chi connectivity index (χ4n) is 1.95. The molecule has 1 aromatic carbocycles. The van der Waals surface area contributed by atoms with E-state index in [4.69, 9.17) is 0 Å². The molecule has 20 heavy (non-hydrogen) atoms. The lowest BCUT2D eigenvalue weighted by Gasteiger charge is -2.08. The number of pyridine rings is 1. The van der Waals surface area contributed by atoms with E-state index in [-0.39, 0.29) is 5.91 Å². The van der Waals surface area contributed by atoms with Gasteiger partial charge in [-0.1, -0.05) is 35.9 Å². The lowest BCUT2D eigenvalue weighted by atomic mass is 10.1. The van der Waals surface area contributed by atoms with E-state index in [0.29, 0.717) is 12.1 Å². The Kier molecular flexibility index (Phi) is 4.31. The average Bonchev–Trinajstić information content (AvgIpc) is 2.45. The zero-order valence-corrected chi connectivity index (χ0v) is 11.8. The van der Waals surface area contributed by atoms with Crippen molar-refractivity contribution >= 4 is 5.91 Å². The van der Waals surface area contributed by atoms with Crippen molar-refractivity contribution in [3.63, 3.8) is 0 Å². The van der Waals surface area contributed by atoms with Crippen molar-refractivity contribution in [3.8, 4) is 11.3 Å². The molecule has 0 fully saturated rings. The van der Waals surface area contributed by atoms with Crippen LogP contribution in [0.1, 0.15) is 21.6 Å². The normalized spacial score (nSPS) is 10.1. The number of carbonyl (C=O) groups is 1. The molecular formula is C17H18N2O. The molecule has 0 saturated heterocycles. The summed E-state index contributed by atoms with van der Waals surface area (Å²) in [6, 6.07) is 11.9. The van der Waals surface area contributed by atoms with Crippen LogP contribution in [0.25, 0.3) is 11.3 Å². The number of carbonyl (C=O) groups excluding carboxylic acids is 1.